The number of halogens is 1. The van der Waals surface area contributed by atoms with Crippen molar-refractivity contribution in [1.82, 2.24) is 9.78 Å². The van der Waals surface area contributed by atoms with Gasteiger partial charge in [0.2, 0.25) is 0 Å². The minimum absolute atomic E-state index is 0.372. The Labute approximate surface area is 109 Å². The van der Waals surface area contributed by atoms with Gasteiger partial charge in [0.05, 0.1) is 19.0 Å². The molecule has 0 unspecified atom stereocenters. The van der Waals surface area contributed by atoms with Crippen molar-refractivity contribution in [2.45, 2.75) is 6.92 Å². The SMILES string of the molecule is COc1ccc(Cl)cc1NC(=O)n1cc(C)cn1. The number of aryl methyl sites for hydroxylation is 1. The molecule has 1 N–H and O–H groups in total. The Morgan fingerprint density at radius 1 is 1.50 bits per heavy atom. The van der Waals surface area contributed by atoms with Crippen molar-refractivity contribution >= 4 is 23.3 Å². The number of amides is 1. The molecule has 94 valence electrons. The molecule has 0 aliphatic carbocycles. The third kappa shape index (κ3) is 2.62. The number of hydrogen-bond acceptors (Lipinski definition) is 3. The summed E-state index contributed by atoms with van der Waals surface area (Å²) in [4.78, 5) is 11.9. The molecular weight excluding hydrogens is 254 g/mol. The van der Waals surface area contributed by atoms with Gasteiger partial charge in [0, 0.05) is 11.2 Å². The summed E-state index contributed by atoms with van der Waals surface area (Å²) in [6.45, 7) is 1.86. The first-order chi connectivity index (χ1) is 8.60. The van der Waals surface area contributed by atoms with Crippen LogP contribution in [0.3, 0.4) is 0 Å². The fraction of sp³-hybridized carbons (Fsp3) is 0.167. The summed E-state index contributed by atoms with van der Waals surface area (Å²) in [5.41, 5.74) is 1.41. The van der Waals surface area contributed by atoms with Crippen LogP contribution in [0.5, 0.6) is 5.75 Å². The van der Waals surface area contributed by atoms with E-state index in [4.69, 9.17) is 16.3 Å². The molecular formula is C12H12ClN3O2. The van der Waals surface area contributed by atoms with Crippen LogP contribution in [0, 0.1) is 6.92 Å². The lowest BCUT2D eigenvalue weighted by atomic mass is 10.3. The Morgan fingerprint density at radius 2 is 2.28 bits per heavy atom. The number of nitrogens with zero attached hydrogens (tertiary/aromatic N) is 2. The summed E-state index contributed by atoms with van der Waals surface area (Å²) < 4.78 is 6.36. The number of nitrogens with one attached hydrogen (secondary N) is 1. The second-order valence-electron chi connectivity index (χ2n) is 3.74. The molecule has 0 aliphatic heterocycles. The van der Waals surface area contributed by atoms with Gasteiger partial charge in [-0.1, -0.05) is 11.6 Å². The quantitative estimate of drug-likeness (QED) is 0.908. The molecule has 5 nitrogen and oxygen atoms in total. The second kappa shape index (κ2) is 5.10. The molecule has 6 heteroatoms. The highest BCUT2D eigenvalue weighted by atomic mass is 35.5. The number of hydrogen-bond donors (Lipinski definition) is 1. The van der Waals surface area contributed by atoms with E-state index in [2.05, 4.69) is 10.4 Å². The van der Waals surface area contributed by atoms with E-state index < -0.39 is 0 Å². The molecule has 0 radical (unpaired) electrons. The molecule has 0 aliphatic rings. The normalized spacial score (nSPS) is 10.2. The van der Waals surface area contributed by atoms with Crippen molar-refractivity contribution in [2.24, 2.45) is 0 Å². The van der Waals surface area contributed by atoms with Gasteiger partial charge >= 0.3 is 6.03 Å². The highest BCUT2D eigenvalue weighted by molar-refractivity contribution is 6.31. The van der Waals surface area contributed by atoms with Crippen molar-refractivity contribution < 1.29 is 9.53 Å². The number of rotatable bonds is 2. The van der Waals surface area contributed by atoms with E-state index in [1.807, 2.05) is 6.92 Å². The molecule has 18 heavy (non-hydrogen) atoms. The molecule has 1 aromatic heterocycles. The Bertz CT molecular complexity index is 580. The maximum absolute atomic E-state index is 11.9. The van der Waals surface area contributed by atoms with Crippen LogP contribution in [0.25, 0.3) is 0 Å². The summed E-state index contributed by atoms with van der Waals surface area (Å²) in [5, 5.41) is 7.12. The fourth-order valence-electron chi connectivity index (χ4n) is 1.47. The zero-order chi connectivity index (χ0) is 13.1. The van der Waals surface area contributed by atoms with Crippen molar-refractivity contribution in [3.63, 3.8) is 0 Å². The number of ether oxygens (including phenoxy) is 1. The molecule has 0 bridgehead atoms. The summed E-state index contributed by atoms with van der Waals surface area (Å²) in [7, 11) is 1.52. The van der Waals surface area contributed by atoms with Gasteiger partial charge < -0.3 is 10.1 Å². The molecule has 0 spiro atoms. The number of carbonyl (C=O) groups excluding carboxylic acids is 1. The van der Waals surface area contributed by atoms with E-state index >= 15 is 0 Å². The van der Waals surface area contributed by atoms with E-state index in [0.29, 0.717) is 16.5 Å². The topological polar surface area (TPSA) is 56.1 Å². The second-order valence-corrected chi connectivity index (χ2v) is 4.17. The third-order valence-corrected chi connectivity index (χ3v) is 2.56. The Balaban J connectivity index is 2.23. The average Bonchev–Trinajstić information content (AvgIpc) is 2.76. The summed E-state index contributed by atoms with van der Waals surface area (Å²) >= 11 is 5.88. The van der Waals surface area contributed by atoms with Gasteiger partial charge in [-0.15, -0.1) is 0 Å². The van der Waals surface area contributed by atoms with Crippen LogP contribution >= 0.6 is 11.6 Å². The Hall–Kier alpha value is -2.01. The number of carbonyl (C=O) groups is 1. The standard InChI is InChI=1S/C12H12ClN3O2/c1-8-6-14-16(7-8)12(17)15-10-5-9(13)3-4-11(10)18-2/h3-7H,1-2H3,(H,15,17). The third-order valence-electron chi connectivity index (χ3n) is 2.32. The predicted molar refractivity (Wildman–Crippen MR) is 69.4 cm³/mol. The molecule has 1 amide bonds. The summed E-state index contributed by atoms with van der Waals surface area (Å²) in [5.74, 6) is 0.539. The first-order valence-electron chi connectivity index (χ1n) is 5.26. The summed E-state index contributed by atoms with van der Waals surface area (Å²) in [6, 6.07) is 4.62. The fourth-order valence-corrected chi connectivity index (χ4v) is 1.65. The first kappa shape index (κ1) is 12.4. The van der Waals surface area contributed by atoms with E-state index in [0.717, 1.165) is 5.56 Å². The van der Waals surface area contributed by atoms with Gasteiger partial charge in [-0.05, 0) is 30.7 Å². The van der Waals surface area contributed by atoms with Gasteiger partial charge in [-0.3, -0.25) is 0 Å². The first-order valence-corrected chi connectivity index (χ1v) is 5.64. The van der Waals surface area contributed by atoms with Crippen LogP contribution < -0.4 is 10.1 Å². The lowest BCUT2D eigenvalue weighted by Crippen LogP contribution is -2.20. The van der Waals surface area contributed by atoms with Gasteiger partial charge in [-0.25, -0.2) is 4.79 Å². The number of methoxy groups -OCH3 is 1. The van der Waals surface area contributed by atoms with Gasteiger partial charge in [-0.2, -0.15) is 9.78 Å². The van der Waals surface area contributed by atoms with Crippen LogP contribution in [0.2, 0.25) is 5.02 Å². The predicted octanol–water partition coefficient (Wildman–Crippen LogP) is 2.93. The molecule has 0 saturated carbocycles. The number of benzene rings is 1. The van der Waals surface area contributed by atoms with Crippen LogP contribution in [0.4, 0.5) is 10.5 Å². The molecule has 1 heterocycles. The van der Waals surface area contributed by atoms with Gasteiger partial charge in [0.25, 0.3) is 0 Å². The Kier molecular flexibility index (Phi) is 3.53. The van der Waals surface area contributed by atoms with Gasteiger partial charge in [0.15, 0.2) is 0 Å². The molecule has 0 atom stereocenters. The largest absolute Gasteiger partial charge is 0.495 e. The molecule has 0 fully saturated rings. The van der Waals surface area contributed by atoms with Crippen LogP contribution in [-0.2, 0) is 0 Å². The van der Waals surface area contributed by atoms with Crippen LogP contribution in [-0.4, -0.2) is 22.9 Å². The lowest BCUT2D eigenvalue weighted by molar-refractivity contribution is 0.250. The minimum Gasteiger partial charge on any atom is -0.495 e. The van der Waals surface area contributed by atoms with Crippen molar-refractivity contribution in [3.8, 4) is 5.75 Å². The molecule has 2 aromatic rings. The van der Waals surface area contributed by atoms with Crippen LogP contribution in [0.1, 0.15) is 5.56 Å². The van der Waals surface area contributed by atoms with Gasteiger partial charge in [0.1, 0.15) is 5.75 Å². The van der Waals surface area contributed by atoms with Crippen LogP contribution in [0.15, 0.2) is 30.6 Å². The highest BCUT2D eigenvalue weighted by Crippen LogP contribution is 2.27. The molecule has 1 aromatic carbocycles. The maximum atomic E-state index is 11.9. The maximum Gasteiger partial charge on any atom is 0.346 e. The zero-order valence-electron chi connectivity index (χ0n) is 9.98. The zero-order valence-corrected chi connectivity index (χ0v) is 10.7. The number of anilines is 1. The molecule has 0 saturated heterocycles. The molecule has 2 rings (SSSR count). The lowest BCUT2D eigenvalue weighted by Gasteiger charge is -2.10. The van der Waals surface area contributed by atoms with Crippen molar-refractivity contribution in [1.29, 1.82) is 0 Å². The smallest absolute Gasteiger partial charge is 0.346 e. The highest BCUT2D eigenvalue weighted by Gasteiger charge is 2.10. The van der Waals surface area contributed by atoms with Crippen molar-refractivity contribution in [2.75, 3.05) is 12.4 Å². The monoisotopic (exact) mass is 265 g/mol. The van der Waals surface area contributed by atoms with Crippen molar-refractivity contribution in [3.05, 3.63) is 41.2 Å². The van der Waals surface area contributed by atoms with E-state index in [9.17, 15) is 4.79 Å². The van der Waals surface area contributed by atoms with E-state index in [1.54, 1.807) is 30.6 Å². The minimum atomic E-state index is -0.372. The van der Waals surface area contributed by atoms with E-state index in [-0.39, 0.29) is 6.03 Å². The summed E-state index contributed by atoms with van der Waals surface area (Å²) in [6.07, 6.45) is 3.24. The van der Waals surface area contributed by atoms with E-state index in [1.165, 1.54) is 11.8 Å². The average molecular weight is 266 g/mol. The Morgan fingerprint density at radius 3 is 2.89 bits per heavy atom. The number of aromatic nitrogens is 2.